The number of likely N-dealkylation sites (N-methyl/N-ethyl adjacent to an activating group) is 1. The number of amides is 2. The number of rotatable bonds is 3. The lowest BCUT2D eigenvalue weighted by Gasteiger charge is -2.29. The Morgan fingerprint density at radius 1 is 1.26 bits per heavy atom. The first kappa shape index (κ1) is 16.0. The molecule has 0 radical (unpaired) electrons. The molecule has 0 unspecified atom stereocenters. The Balaban J connectivity index is 1.66. The van der Waals surface area contributed by atoms with Crippen molar-refractivity contribution in [3.63, 3.8) is 0 Å². The van der Waals surface area contributed by atoms with Crippen molar-refractivity contribution in [2.45, 2.75) is 25.8 Å². The van der Waals surface area contributed by atoms with E-state index in [1.165, 1.54) is 11.1 Å². The largest absolute Gasteiger partial charge is 0.378 e. The normalized spacial score (nSPS) is 24.5. The second-order valence-electron chi connectivity index (χ2n) is 6.56. The van der Waals surface area contributed by atoms with Gasteiger partial charge in [0.25, 0.3) is 0 Å². The summed E-state index contributed by atoms with van der Waals surface area (Å²) in [6.07, 6.45) is 1.24. The summed E-state index contributed by atoms with van der Waals surface area (Å²) in [5.41, 5.74) is 2.43. The SMILES string of the molecule is Cc1ccccc1CCC(=O)N1C[C@@H]2COC[C@H](C1)N(C)C2=O. The molecule has 0 saturated carbocycles. The lowest BCUT2D eigenvalue weighted by molar-refractivity contribution is -0.134. The van der Waals surface area contributed by atoms with Gasteiger partial charge in [0.2, 0.25) is 11.8 Å². The number of ether oxygens (including phenoxy) is 1. The van der Waals surface area contributed by atoms with Crippen LogP contribution in [0.1, 0.15) is 17.5 Å². The van der Waals surface area contributed by atoms with Crippen LogP contribution in [0.5, 0.6) is 0 Å². The van der Waals surface area contributed by atoms with Gasteiger partial charge in [-0.2, -0.15) is 0 Å². The zero-order valence-electron chi connectivity index (χ0n) is 13.8. The molecule has 2 heterocycles. The predicted molar refractivity (Wildman–Crippen MR) is 86.9 cm³/mol. The molecule has 3 rings (SSSR count). The van der Waals surface area contributed by atoms with Gasteiger partial charge in [-0.1, -0.05) is 24.3 Å². The van der Waals surface area contributed by atoms with Gasteiger partial charge in [0.15, 0.2) is 0 Å². The summed E-state index contributed by atoms with van der Waals surface area (Å²) < 4.78 is 5.57. The van der Waals surface area contributed by atoms with Gasteiger partial charge in [-0.15, -0.1) is 0 Å². The van der Waals surface area contributed by atoms with E-state index in [1.807, 2.05) is 24.1 Å². The lowest BCUT2D eigenvalue weighted by atomic mass is 10.0. The molecule has 0 aromatic heterocycles. The number of hydrogen-bond donors (Lipinski definition) is 0. The number of hydrogen-bond acceptors (Lipinski definition) is 3. The highest BCUT2D eigenvalue weighted by atomic mass is 16.5. The van der Waals surface area contributed by atoms with Gasteiger partial charge in [0, 0.05) is 26.6 Å². The first-order valence-electron chi connectivity index (χ1n) is 8.23. The van der Waals surface area contributed by atoms with Crippen LogP contribution < -0.4 is 0 Å². The Morgan fingerprint density at radius 3 is 2.83 bits per heavy atom. The van der Waals surface area contributed by atoms with Crippen molar-refractivity contribution in [3.05, 3.63) is 35.4 Å². The smallest absolute Gasteiger partial charge is 0.229 e. The van der Waals surface area contributed by atoms with Gasteiger partial charge in [0.05, 0.1) is 25.2 Å². The highest BCUT2D eigenvalue weighted by Gasteiger charge is 2.38. The molecule has 124 valence electrons. The van der Waals surface area contributed by atoms with Gasteiger partial charge in [0.1, 0.15) is 0 Å². The zero-order valence-corrected chi connectivity index (χ0v) is 13.8. The molecule has 2 aliphatic rings. The van der Waals surface area contributed by atoms with E-state index in [9.17, 15) is 9.59 Å². The lowest BCUT2D eigenvalue weighted by Crippen LogP contribution is -2.45. The molecule has 2 amide bonds. The Bertz CT molecular complexity index is 602. The van der Waals surface area contributed by atoms with Gasteiger partial charge in [-0.05, 0) is 24.5 Å². The second kappa shape index (κ2) is 6.71. The molecule has 1 aromatic rings. The van der Waals surface area contributed by atoms with E-state index in [-0.39, 0.29) is 23.8 Å². The molecule has 2 bridgehead atoms. The summed E-state index contributed by atoms with van der Waals surface area (Å²) >= 11 is 0. The average Bonchev–Trinajstić information content (AvgIpc) is 2.72. The van der Waals surface area contributed by atoms with Gasteiger partial charge >= 0.3 is 0 Å². The van der Waals surface area contributed by atoms with Gasteiger partial charge in [-0.3, -0.25) is 9.59 Å². The average molecular weight is 316 g/mol. The van der Waals surface area contributed by atoms with E-state index in [0.29, 0.717) is 32.7 Å². The Labute approximate surface area is 137 Å². The molecule has 0 aliphatic carbocycles. The summed E-state index contributed by atoms with van der Waals surface area (Å²) in [4.78, 5) is 28.6. The molecule has 2 aliphatic heterocycles. The van der Waals surface area contributed by atoms with Crippen molar-refractivity contribution in [1.82, 2.24) is 9.80 Å². The molecule has 1 aromatic carbocycles. The second-order valence-corrected chi connectivity index (χ2v) is 6.56. The first-order valence-corrected chi connectivity index (χ1v) is 8.23. The van der Waals surface area contributed by atoms with Crippen molar-refractivity contribution < 1.29 is 14.3 Å². The predicted octanol–water partition coefficient (Wildman–Crippen LogP) is 1.24. The van der Waals surface area contributed by atoms with E-state index in [1.54, 1.807) is 4.90 Å². The highest BCUT2D eigenvalue weighted by molar-refractivity contribution is 5.82. The third kappa shape index (κ3) is 3.39. The van der Waals surface area contributed by atoms with E-state index >= 15 is 0 Å². The molecule has 2 fully saturated rings. The van der Waals surface area contributed by atoms with Crippen LogP contribution in [0.15, 0.2) is 24.3 Å². The maximum absolute atomic E-state index is 12.6. The number of carbonyl (C=O) groups excluding carboxylic acids is 2. The maximum Gasteiger partial charge on any atom is 0.229 e. The minimum absolute atomic E-state index is 0.0302. The fourth-order valence-corrected chi connectivity index (χ4v) is 3.39. The minimum atomic E-state index is -0.227. The first-order chi connectivity index (χ1) is 11.1. The zero-order chi connectivity index (χ0) is 16.4. The van der Waals surface area contributed by atoms with Crippen LogP contribution in [0.25, 0.3) is 0 Å². The maximum atomic E-state index is 12.6. The van der Waals surface area contributed by atoms with Gasteiger partial charge < -0.3 is 14.5 Å². The molecule has 2 atom stereocenters. The third-order valence-corrected chi connectivity index (χ3v) is 4.97. The number of nitrogens with zero attached hydrogens (tertiary/aromatic N) is 2. The number of aryl methyl sites for hydroxylation is 2. The van der Waals surface area contributed by atoms with Crippen LogP contribution >= 0.6 is 0 Å². The van der Waals surface area contributed by atoms with Crippen LogP contribution in [-0.2, 0) is 20.7 Å². The van der Waals surface area contributed by atoms with E-state index < -0.39 is 0 Å². The molecule has 0 spiro atoms. The summed E-state index contributed by atoms with van der Waals surface area (Å²) in [6.45, 7) is 4.06. The molecule has 5 heteroatoms. The van der Waals surface area contributed by atoms with Crippen LogP contribution in [0.2, 0.25) is 0 Å². The Morgan fingerprint density at radius 2 is 2.04 bits per heavy atom. The highest BCUT2D eigenvalue weighted by Crippen LogP contribution is 2.20. The third-order valence-electron chi connectivity index (χ3n) is 4.97. The van der Waals surface area contributed by atoms with E-state index in [0.717, 1.165) is 6.42 Å². The van der Waals surface area contributed by atoms with E-state index in [4.69, 9.17) is 4.74 Å². The summed E-state index contributed by atoms with van der Waals surface area (Å²) in [5, 5.41) is 0. The van der Waals surface area contributed by atoms with Crippen molar-refractivity contribution in [3.8, 4) is 0 Å². The van der Waals surface area contributed by atoms with Crippen molar-refractivity contribution in [2.75, 3.05) is 33.4 Å². The molecule has 5 nitrogen and oxygen atoms in total. The summed E-state index contributed by atoms with van der Waals surface area (Å²) in [6, 6.07) is 8.13. The number of benzene rings is 1. The fraction of sp³-hybridized carbons (Fsp3) is 0.556. The molecule has 2 saturated heterocycles. The van der Waals surface area contributed by atoms with Crippen molar-refractivity contribution in [2.24, 2.45) is 5.92 Å². The Hall–Kier alpha value is -1.88. The number of fused-ring (bicyclic) bond motifs is 3. The van der Waals surface area contributed by atoms with Crippen LogP contribution in [0.3, 0.4) is 0 Å². The van der Waals surface area contributed by atoms with Crippen molar-refractivity contribution in [1.29, 1.82) is 0 Å². The monoisotopic (exact) mass is 316 g/mol. The molecule has 0 N–H and O–H groups in total. The van der Waals surface area contributed by atoms with Crippen molar-refractivity contribution >= 4 is 11.8 Å². The van der Waals surface area contributed by atoms with E-state index in [2.05, 4.69) is 19.1 Å². The van der Waals surface area contributed by atoms with Crippen LogP contribution in [0, 0.1) is 12.8 Å². The standard InChI is InChI=1S/C18H24N2O3/c1-13-5-3-4-6-14(13)7-8-17(21)20-9-15-11-23-12-16(10-20)19(2)18(15)22/h3-6,15-16H,7-12H2,1-2H3/t15-,16+/m1/s1. The number of carbonyl (C=O) groups is 2. The Kier molecular flexibility index (Phi) is 4.66. The quantitative estimate of drug-likeness (QED) is 0.843. The molecular weight excluding hydrogens is 292 g/mol. The minimum Gasteiger partial charge on any atom is -0.378 e. The van der Waals surface area contributed by atoms with Crippen LogP contribution in [-0.4, -0.2) is 61.0 Å². The fourth-order valence-electron chi connectivity index (χ4n) is 3.39. The summed E-state index contributed by atoms with van der Waals surface area (Å²) in [7, 11) is 1.82. The van der Waals surface area contributed by atoms with Crippen LogP contribution in [0.4, 0.5) is 0 Å². The molecule has 23 heavy (non-hydrogen) atoms. The summed E-state index contributed by atoms with van der Waals surface area (Å²) in [5.74, 6) is 0.00451. The topological polar surface area (TPSA) is 49.9 Å². The molecular formula is C18H24N2O3. The van der Waals surface area contributed by atoms with Gasteiger partial charge in [-0.25, -0.2) is 0 Å².